The van der Waals surface area contributed by atoms with Crippen LogP contribution in [-0.2, 0) is 6.54 Å². The highest BCUT2D eigenvalue weighted by atomic mass is 79.9. The molecule has 0 aliphatic rings. The summed E-state index contributed by atoms with van der Waals surface area (Å²) in [4.78, 5) is 10.4. The summed E-state index contributed by atoms with van der Waals surface area (Å²) in [6.07, 6.45) is 1.74. The van der Waals surface area contributed by atoms with E-state index >= 15 is 0 Å². The molecule has 0 unspecified atom stereocenters. The Morgan fingerprint density at radius 3 is 2.62 bits per heavy atom. The average molecular weight is 278 g/mol. The number of benzene rings is 1. The van der Waals surface area contributed by atoms with Crippen LogP contribution in [-0.4, -0.2) is 17.0 Å². The number of aromatic nitrogens is 2. The van der Waals surface area contributed by atoms with Gasteiger partial charge in [0.15, 0.2) is 4.73 Å². The molecule has 1 aromatic heterocycles. The molecule has 2 aromatic rings. The summed E-state index contributed by atoms with van der Waals surface area (Å²) >= 11 is 3.27. The smallest absolute Gasteiger partial charge is 0.198 e. The van der Waals surface area contributed by atoms with Gasteiger partial charge in [0, 0.05) is 19.8 Å². The van der Waals surface area contributed by atoms with Crippen molar-refractivity contribution in [1.82, 2.24) is 9.97 Å². The molecule has 0 fully saturated rings. The summed E-state index contributed by atoms with van der Waals surface area (Å²) in [5.41, 5.74) is 1.26. The lowest BCUT2D eigenvalue weighted by Crippen LogP contribution is -2.17. The molecule has 1 heterocycles. The Balaban J connectivity index is 2.12. The highest BCUT2D eigenvalue weighted by Gasteiger charge is 2.03. The van der Waals surface area contributed by atoms with Crippen molar-refractivity contribution in [2.45, 2.75) is 6.54 Å². The van der Waals surface area contributed by atoms with Gasteiger partial charge in [-0.15, -0.1) is 0 Å². The zero-order valence-electron chi connectivity index (χ0n) is 8.97. The van der Waals surface area contributed by atoms with Gasteiger partial charge in [0.1, 0.15) is 5.82 Å². The minimum absolute atomic E-state index is 0.616. The van der Waals surface area contributed by atoms with Crippen molar-refractivity contribution in [3.05, 3.63) is 52.9 Å². The summed E-state index contributed by atoms with van der Waals surface area (Å²) in [6.45, 7) is 0.838. The Morgan fingerprint density at radius 2 is 1.94 bits per heavy atom. The molecule has 0 radical (unpaired) electrons. The van der Waals surface area contributed by atoms with E-state index in [0.29, 0.717) is 4.73 Å². The van der Waals surface area contributed by atoms with E-state index in [2.05, 4.69) is 42.9 Å². The molecule has 4 heteroatoms. The second kappa shape index (κ2) is 5.07. The lowest BCUT2D eigenvalue weighted by atomic mass is 10.2. The molecule has 0 aliphatic carbocycles. The molecule has 2 rings (SSSR count). The third-order valence-corrected chi connectivity index (χ3v) is 2.65. The Kier molecular flexibility index (Phi) is 3.51. The predicted molar refractivity (Wildman–Crippen MR) is 68.3 cm³/mol. The maximum absolute atomic E-state index is 4.30. The fourth-order valence-electron chi connectivity index (χ4n) is 1.48. The van der Waals surface area contributed by atoms with Gasteiger partial charge in [-0.05, 0) is 27.6 Å². The third-order valence-electron chi connectivity index (χ3n) is 2.27. The summed E-state index contributed by atoms with van der Waals surface area (Å²) in [5.74, 6) is 0.908. The van der Waals surface area contributed by atoms with Gasteiger partial charge in [0.05, 0.1) is 0 Å². The predicted octanol–water partition coefficient (Wildman–Crippen LogP) is 2.88. The van der Waals surface area contributed by atoms with Crippen LogP contribution in [0.5, 0.6) is 0 Å². The van der Waals surface area contributed by atoms with Crippen molar-refractivity contribution >= 4 is 21.7 Å². The first-order chi connectivity index (χ1) is 7.75. The van der Waals surface area contributed by atoms with E-state index in [1.54, 1.807) is 6.20 Å². The summed E-state index contributed by atoms with van der Waals surface area (Å²) in [7, 11) is 2.02. The van der Waals surface area contributed by atoms with Gasteiger partial charge in [0.25, 0.3) is 0 Å². The number of hydrogen-bond acceptors (Lipinski definition) is 3. The summed E-state index contributed by atoms with van der Waals surface area (Å²) in [6, 6.07) is 12.2. The third kappa shape index (κ3) is 2.79. The first-order valence-electron chi connectivity index (χ1n) is 4.99. The first-order valence-corrected chi connectivity index (χ1v) is 5.78. The van der Waals surface area contributed by atoms with Crippen LogP contribution in [0, 0.1) is 0 Å². The first kappa shape index (κ1) is 11.1. The van der Waals surface area contributed by atoms with E-state index < -0.39 is 0 Å². The van der Waals surface area contributed by atoms with Crippen LogP contribution in [0.25, 0.3) is 0 Å². The van der Waals surface area contributed by atoms with Crippen molar-refractivity contribution in [3.8, 4) is 0 Å². The zero-order valence-corrected chi connectivity index (χ0v) is 10.6. The molecule has 0 bridgehead atoms. The number of nitrogens with zero attached hydrogens (tertiary/aromatic N) is 3. The molecule has 0 saturated carbocycles. The molecule has 0 spiro atoms. The molecule has 0 N–H and O–H groups in total. The molecular weight excluding hydrogens is 266 g/mol. The van der Waals surface area contributed by atoms with E-state index in [9.17, 15) is 0 Å². The van der Waals surface area contributed by atoms with Gasteiger partial charge in [-0.25, -0.2) is 9.97 Å². The van der Waals surface area contributed by atoms with Gasteiger partial charge < -0.3 is 4.90 Å². The quantitative estimate of drug-likeness (QED) is 0.808. The molecule has 3 nitrogen and oxygen atoms in total. The van der Waals surface area contributed by atoms with Crippen LogP contribution < -0.4 is 4.90 Å². The van der Waals surface area contributed by atoms with E-state index in [1.807, 2.05) is 31.3 Å². The van der Waals surface area contributed by atoms with Crippen LogP contribution in [0.3, 0.4) is 0 Å². The van der Waals surface area contributed by atoms with Gasteiger partial charge in [-0.2, -0.15) is 0 Å². The summed E-state index contributed by atoms with van der Waals surface area (Å²) < 4.78 is 0.616. The van der Waals surface area contributed by atoms with Crippen LogP contribution >= 0.6 is 15.9 Å². The standard InChI is InChI=1S/C12H12BrN3/c1-16(9-10-5-3-2-4-6-10)11-7-8-14-12(13)15-11/h2-8H,9H2,1H3. The van der Waals surface area contributed by atoms with Crippen LogP contribution in [0.15, 0.2) is 47.3 Å². The lowest BCUT2D eigenvalue weighted by molar-refractivity contribution is 0.885. The van der Waals surface area contributed by atoms with Gasteiger partial charge in [-0.1, -0.05) is 30.3 Å². The number of rotatable bonds is 3. The minimum atomic E-state index is 0.616. The van der Waals surface area contributed by atoms with E-state index in [-0.39, 0.29) is 0 Å². The van der Waals surface area contributed by atoms with Crippen LogP contribution in [0.2, 0.25) is 0 Å². The number of hydrogen-bond donors (Lipinski definition) is 0. The van der Waals surface area contributed by atoms with Crippen molar-refractivity contribution in [2.75, 3.05) is 11.9 Å². The fraction of sp³-hybridized carbons (Fsp3) is 0.167. The highest BCUT2D eigenvalue weighted by molar-refractivity contribution is 9.10. The molecule has 16 heavy (non-hydrogen) atoms. The molecular formula is C12H12BrN3. The second-order valence-electron chi connectivity index (χ2n) is 3.53. The number of anilines is 1. The summed E-state index contributed by atoms with van der Waals surface area (Å²) in [5, 5.41) is 0. The van der Waals surface area contributed by atoms with Gasteiger partial charge in [-0.3, -0.25) is 0 Å². The Bertz CT molecular complexity index is 459. The lowest BCUT2D eigenvalue weighted by Gasteiger charge is -2.17. The minimum Gasteiger partial charge on any atom is -0.355 e. The van der Waals surface area contributed by atoms with Crippen molar-refractivity contribution in [1.29, 1.82) is 0 Å². The largest absolute Gasteiger partial charge is 0.355 e. The van der Waals surface area contributed by atoms with Crippen molar-refractivity contribution < 1.29 is 0 Å². The number of halogens is 1. The van der Waals surface area contributed by atoms with Crippen LogP contribution in [0.4, 0.5) is 5.82 Å². The maximum Gasteiger partial charge on any atom is 0.198 e. The van der Waals surface area contributed by atoms with E-state index in [4.69, 9.17) is 0 Å². The zero-order chi connectivity index (χ0) is 11.4. The molecule has 0 saturated heterocycles. The molecule has 0 amide bonds. The maximum atomic E-state index is 4.30. The Hall–Kier alpha value is -1.42. The Morgan fingerprint density at radius 1 is 1.19 bits per heavy atom. The van der Waals surface area contributed by atoms with Crippen LogP contribution in [0.1, 0.15) is 5.56 Å². The second-order valence-corrected chi connectivity index (χ2v) is 4.23. The van der Waals surface area contributed by atoms with Gasteiger partial charge >= 0.3 is 0 Å². The average Bonchev–Trinajstić information content (AvgIpc) is 2.30. The van der Waals surface area contributed by atoms with E-state index in [1.165, 1.54) is 5.56 Å². The molecule has 82 valence electrons. The SMILES string of the molecule is CN(Cc1ccccc1)c1ccnc(Br)n1. The fourth-order valence-corrected chi connectivity index (χ4v) is 1.78. The monoisotopic (exact) mass is 277 g/mol. The van der Waals surface area contributed by atoms with Crippen molar-refractivity contribution in [2.24, 2.45) is 0 Å². The normalized spacial score (nSPS) is 10.1. The molecule has 1 aromatic carbocycles. The topological polar surface area (TPSA) is 29.0 Å². The highest BCUT2D eigenvalue weighted by Crippen LogP contribution is 2.13. The van der Waals surface area contributed by atoms with Gasteiger partial charge in [0.2, 0.25) is 0 Å². The van der Waals surface area contributed by atoms with E-state index in [0.717, 1.165) is 12.4 Å². The van der Waals surface area contributed by atoms with Crippen molar-refractivity contribution in [3.63, 3.8) is 0 Å². The molecule has 0 aliphatic heterocycles. The Labute approximate surface area is 103 Å². The molecule has 0 atom stereocenters.